The Morgan fingerprint density at radius 1 is 0.972 bits per heavy atom. The van der Waals surface area contributed by atoms with Gasteiger partial charge in [0.15, 0.2) is 5.75 Å². The smallest absolute Gasteiger partial charge is 0.227 e. The van der Waals surface area contributed by atoms with E-state index in [-0.39, 0.29) is 11.8 Å². The lowest BCUT2D eigenvalue weighted by Crippen LogP contribution is -2.41. The number of nitrogens with zero attached hydrogens (tertiary/aromatic N) is 1. The van der Waals surface area contributed by atoms with Crippen LogP contribution >= 0.6 is 23.2 Å². The Morgan fingerprint density at radius 3 is 2.22 bits per heavy atom. The van der Waals surface area contributed by atoms with Gasteiger partial charge in [0.2, 0.25) is 5.91 Å². The molecular weight excluding hydrogens is 495 g/mol. The maximum absolute atomic E-state index is 13.4. The number of nitrogens with two attached hydrogens (primary N) is 1. The maximum Gasteiger partial charge on any atom is 0.227 e. The molecule has 1 aliphatic rings. The summed E-state index contributed by atoms with van der Waals surface area (Å²) in [5.41, 5.74) is 9.23. The molecule has 0 aromatic heterocycles. The fraction of sp³-hybridized carbons (Fsp3) is 0.345. The van der Waals surface area contributed by atoms with E-state index in [0.29, 0.717) is 54.6 Å². The summed E-state index contributed by atoms with van der Waals surface area (Å²) in [7, 11) is 0. The highest BCUT2D eigenvalue weighted by molar-refractivity contribution is 6.37. The summed E-state index contributed by atoms with van der Waals surface area (Å²) in [6.07, 6.45) is 2.73. The van der Waals surface area contributed by atoms with Gasteiger partial charge in [0.25, 0.3) is 0 Å². The number of amides is 1. The highest BCUT2D eigenvalue weighted by Crippen LogP contribution is 2.34. The van der Waals surface area contributed by atoms with Crippen LogP contribution in [0.5, 0.6) is 11.5 Å². The highest BCUT2D eigenvalue weighted by atomic mass is 35.5. The van der Waals surface area contributed by atoms with Crippen LogP contribution in [0.15, 0.2) is 66.7 Å². The normalized spacial score (nSPS) is 13.8. The second-order valence-electron chi connectivity index (χ2n) is 9.22. The van der Waals surface area contributed by atoms with E-state index in [1.54, 1.807) is 0 Å². The topological polar surface area (TPSA) is 64.8 Å². The quantitative estimate of drug-likeness (QED) is 0.291. The highest BCUT2D eigenvalue weighted by Gasteiger charge is 2.35. The summed E-state index contributed by atoms with van der Waals surface area (Å²) < 4.78 is 11.5. The molecule has 0 heterocycles. The molecule has 1 fully saturated rings. The average Bonchev–Trinajstić information content (AvgIpc) is 3.71. The molecule has 3 aromatic carbocycles. The molecule has 4 rings (SSSR count). The third kappa shape index (κ3) is 7.16. The van der Waals surface area contributed by atoms with Crippen LogP contribution in [0.25, 0.3) is 0 Å². The fourth-order valence-electron chi connectivity index (χ4n) is 4.19. The van der Waals surface area contributed by atoms with Gasteiger partial charge < -0.3 is 20.1 Å². The zero-order valence-corrected chi connectivity index (χ0v) is 22.0. The number of benzene rings is 3. The van der Waals surface area contributed by atoms with Crippen molar-refractivity contribution in [2.75, 3.05) is 19.8 Å². The number of hydrogen-bond acceptors (Lipinski definition) is 4. The average molecular weight is 527 g/mol. The molecule has 1 amide bonds. The Kier molecular flexibility index (Phi) is 9.13. The molecule has 3 aromatic rings. The predicted octanol–water partition coefficient (Wildman–Crippen LogP) is 6.07. The van der Waals surface area contributed by atoms with Crippen LogP contribution < -0.4 is 15.2 Å². The zero-order chi connectivity index (χ0) is 25.5. The van der Waals surface area contributed by atoms with Gasteiger partial charge in [-0.3, -0.25) is 4.79 Å². The molecule has 36 heavy (non-hydrogen) atoms. The Bertz CT molecular complexity index is 1130. The van der Waals surface area contributed by atoms with Crippen molar-refractivity contribution in [3.63, 3.8) is 0 Å². The molecule has 190 valence electrons. The predicted molar refractivity (Wildman–Crippen MR) is 145 cm³/mol. The minimum atomic E-state index is -0.251. The van der Waals surface area contributed by atoms with Crippen LogP contribution in [0.4, 0.5) is 0 Å². The van der Waals surface area contributed by atoms with Crippen LogP contribution in [0.2, 0.25) is 10.0 Å². The second-order valence-corrected chi connectivity index (χ2v) is 10.0. The standard InChI is InChI=1S/C29H32Cl2N2O3/c1-20-15-26(30)28(27(31)16-20)36-14-13-35-25-11-7-21(8-12-25)17-23(18-32)29(34)33(24-9-10-24)19-22-5-3-2-4-6-22/h2-8,11-12,15-16,23-24H,9-10,13-14,17-19,32H2,1H3. The first-order chi connectivity index (χ1) is 17.4. The largest absolute Gasteiger partial charge is 0.490 e. The molecule has 1 atom stereocenters. The number of carbonyl (C=O) groups is 1. The van der Waals surface area contributed by atoms with Crippen molar-refractivity contribution in [2.24, 2.45) is 11.7 Å². The maximum atomic E-state index is 13.4. The van der Waals surface area contributed by atoms with Crippen molar-refractivity contribution in [2.45, 2.75) is 38.8 Å². The van der Waals surface area contributed by atoms with Gasteiger partial charge in [0.1, 0.15) is 19.0 Å². The monoisotopic (exact) mass is 526 g/mol. The summed E-state index contributed by atoms with van der Waals surface area (Å²) in [6.45, 7) is 3.53. The summed E-state index contributed by atoms with van der Waals surface area (Å²) in [4.78, 5) is 15.4. The van der Waals surface area contributed by atoms with Gasteiger partial charge in [0.05, 0.1) is 16.0 Å². The van der Waals surface area contributed by atoms with Crippen molar-refractivity contribution >= 4 is 29.1 Å². The van der Waals surface area contributed by atoms with Crippen LogP contribution in [0.3, 0.4) is 0 Å². The Morgan fingerprint density at radius 2 is 1.61 bits per heavy atom. The minimum Gasteiger partial charge on any atom is -0.490 e. The van der Waals surface area contributed by atoms with Gasteiger partial charge in [-0.15, -0.1) is 0 Å². The summed E-state index contributed by atoms with van der Waals surface area (Å²) in [5, 5.41) is 0.967. The van der Waals surface area contributed by atoms with E-state index < -0.39 is 0 Å². The SMILES string of the molecule is Cc1cc(Cl)c(OCCOc2ccc(CC(CN)C(=O)N(Cc3ccccc3)C3CC3)cc2)c(Cl)c1. The van der Waals surface area contributed by atoms with Crippen molar-refractivity contribution in [3.05, 3.63) is 93.5 Å². The minimum absolute atomic E-state index is 0.134. The Hall–Kier alpha value is -2.73. The third-order valence-corrected chi connectivity index (χ3v) is 6.81. The summed E-state index contributed by atoms with van der Waals surface area (Å²) >= 11 is 12.4. The van der Waals surface area contributed by atoms with Gasteiger partial charge in [0, 0.05) is 19.1 Å². The number of halogens is 2. The van der Waals surface area contributed by atoms with E-state index in [0.717, 1.165) is 35.3 Å². The molecule has 0 radical (unpaired) electrons. The third-order valence-electron chi connectivity index (χ3n) is 6.25. The van der Waals surface area contributed by atoms with Crippen LogP contribution in [-0.4, -0.2) is 36.6 Å². The molecule has 2 N–H and O–H groups in total. The van der Waals surface area contributed by atoms with E-state index in [1.807, 2.05) is 66.4 Å². The van der Waals surface area contributed by atoms with Gasteiger partial charge in [-0.05, 0) is 67.1 Å². The van der Waals surface area contributed by atoms with Gasteiger partial charge >= 0.3 is 0 Å². The molecule has 1 unspecified atom stereocenters. The molecule has 1 aliphatic carbocycles. The number of carbonyl (C=O) groups excluding carboxylic acids is 1. The molecule has 0 spiro atoms. The number of rotatable bonds is 12. The van der Waals surface area contributed by atoms with Crippen LogP contribution in [0.1, 0.15) is 29.5 Å². The number of aryl methyl sites for hydroxylation is 1. The van der Waals surface area contributed by atoms with Gasteiger partial charge in [-0.1, -0.05) is 65.7 Å². The molecule has 0 saturated heterocycles. The lowest BCUT2D eigenvalue weighted by Gasteiger charge is -2.27. The first-order valence-electron chi connectivity index (χ1n) is 12.3. The summed E-state index contributed by atoms with van der Waals surface area (Å²) in [6, 6.07) is 21.9. The fourth-order valence-corrected chi connectivity index (χ4v) is 4.90. The van der Waals surface area contributed by atoms with E-state index >= 15 is 0 Å². The van der Waals surface area contributed by atoms with Gasteiger partial charge in [-0.25, -0.2) is 0 Å². The molecule has 5 nitrogen and oxygen atoms in total. The van der Waals surface area contributed by atoms with E-state index in [1.165, 1.54) is 0 Å². The van der Waals surface area contributed by atoms with Crippen LogP contribution in [-0.2, 0) is 17.8 Å². The first-order valence-corrected chi connectivity index (χ1v) is 13.0. The molecule has 1 saturated carbocycles. The van der Waals surface area contributed by atoms with E-state index in [2.05, 4.69) is 12.1 Å². The van der Waals surface area contributed by atoms with E-state index in [9.17, 15) is 4.79 Å². The number of ether oxygens (including phenoxy) is 2. The molecule has 0 bridgehead atoms. The Balaban J connectivity index is 1.29. The molecule has 0 aliphatic heterocycles. The Labute approximate surface area is 223 Å². The molecule has 7 heteroatoms. The van der Waals surface area contributed by atoms with Crippen molar-refractivity contribution in [3.8, 4) is 11.5 Å². The second kappa shape index (κ2) is 12.5. The van der Waals surface area contributed by atoms with E-state index in [4.69, 9.17) is 38.4 Å². The van der Waals surface area contributed by atoms with Crippen molar-refractivity contribution in [1.82, 2.24) is 4.90 Å². The van der Waals surface area contributed by atoms with Gasteiger partial charge in [-0.2, -0.15) is 0 Å². The van der Waals surface area contributed by atoms with Crippen LogP contribution in [0, 0.1) is 12.8 Å². The van der Waals surface area contributed by atoms with Crippen molar-refractivity contribution < 1.29 is 14.3 Å². The van der Waals surface area contributed by atoms with Crippen molar-refractivity contribution in [1.29, 1.82) is 0 Å². The number of hydrogen-bond donors (Lipinski definition) is 1. The zero-order valence-electron chi connectivity index (χ0n) is 20.5. The molecular formula is C29H32Cl2N2O3. The lowest BCUT2D eigenvalue weighted by atomic mass is 9.97. The lowest BCUT2D eigenvalue weighted by molar-refractivity contribution is -0.136. The summed E-state index contributed by atoms with van der Waals surface area (Å²) in [5.74, 6) is 1.07. The first kappa shape index (κ1) is 26.3.